The van der Waals surface area contributed by atoms with Gasteiger partial charge in [-0.1, -0.05) is 0 Å². The third kappa shape index (κ3) is 3.49. The molecular formula is C13H27B2ClSn. The number of hydrogen-bond acceptors (Lipinski definition) is 0. The maximum atomic E-state index is 6.73. The molecule has 0 saturated carbocycles. The Bertz CT molecular complexity index is 342. The first-order valence-electron chi connectivity index (χ1n) is 6.66. The second-order valence-corrected chi connectivity index (χ2v) is 23.5. The van der Waals surface area contributed by atoms with E-state index < -0.39 is 18.4 Å². The maximum absolute atomic E-state index is 6.73. The van der Waals surface area contributed by atoms with Crippen molar-refractivity contribution in [1.82, 2.24) is 0 Å². The monoisotopic (exact) mass is 360 g/mol. The first-order chi connectivity index (χ1) is 7.28. The van der Waals surface area contributed by atoms with Gasteiger partial charge in [-0.2, -0.15) is 0 Å². The molecule has 0 aromatic heterocycles. The van der Waals surface area contributed by atoms with E-state index in [0.29, 0.717) is 12.0 Å². The van der Waals surface area contributed by atoms with E-state index in [1.165, 1.54) is 0 Å². The van der Waals surface area contributed by atoms with E-state index in [9.17, 15) is 0 Å². The number of rotatable bonds is 2. The molecule has 1 rings (SSSR count). The Morgan fingerprint density at radius 3 is 1.59 bits per heavy atom. The average Bonchev–Trinajstić information content (AvgIpc) is 2.71. The SMILES string of the molecule is CC(C)(C)B(Cl)C1=[C]([Sn]([CH3])([CH3])[CH3])B1C(C)(C)C. The van der Waals surface area contributed by atoms with E-state index in [2.05, 4.69) is 56.4 Å². The van der Waals surface area contributed by atoms with Gasteiger partial charge < -0.3 is 0 Å². The summed E-state index contributed by atoms with van der Waals surface area (Å²) in [4.78, 5) is 7.55. The molecule has 4 heteroatoms. The van der Waals surface area contributed by atoms with Crippen LogP contribution in [0.15, 0.2) is 8.86 Å². The molecule has 0 amide bonds. The Labute approximate surface area is 118 Å². The third-order valence-corrected chi connectivity index (χ3v) is 10.7. The predicted octanol–water partition coefficient (Wildman–Crippen LogP) is 5.12. The Hall–Kier alpha value is 0.959. The van der Waals surface area contributed by atoms with E-state index in [4.69, 9.17) is 11.5 Å². The molecule has 0 radical (unpaired) electrons. The van der Waals surface area contributed by atoms with Gasteiger partial charge in [0.15, 0.2) is 0 Å². The molecule has 0 fully saturated rings. The summed E-state index contributed by atoms with van der Waals surface area (Å²) < 4.78 is 1.81. The molecule has 0 aliphatic carbocycles. The zero-order valence-corrected chi connectivity index (χ0v) is 16.6. The van der Waals surface area contributed by atoms with Crippen molar-refractivity contribution in [3.63, 3.8) is 0 Å². The van der Waals surface area contributed by atoms with E-state index in [1.807, 2.05) is 3.49 Å². The van der Waals surface area contributed by atoms with Crippen molar-refractivity contribution in [3.05, 3.63) is 8.86 Å². The van der Waals surface area contributed by atoms with Gasteiger partial charge in [0.2, 0.25) is 0 Å². The summed E-state index contributed by atoms with van der Waals surface area (Å²) in [5.74, 6) is 0. The summed E-state index contributed by atoms with van der Waals surface area (Å²) in [6, 6.07) is 0. The predicted molar refractivity (Wildman–Crippen MR) is 87.2 cm³/mol. The minimum atomic E-state index is -1.95. The summed E-state index contributed by atoms with van der Waals surface area (Å²) in [6.45, 7) is 14.5. The van der Waals surface area contributed by atoms with Crippen LogP contribution in [0.3, 0.4) is 0 Å². The van der Waals surface area contributed by atoms with Crippen molar-refractivity contribution in [2.45, 2.75) is 67.0 Å². The molecule has 0 aromatic carbocycles. The second kappa shape index (κ2) is 4.51. The molecule has 0 nitrogen and oxygen atoms in total. The Morgan fingerprint density at radius 2 is 1.41 bits per heavy atom. The van der Waals surface area contributed by atoms with Gasteiger partial charge >= 0.3 is 119 Å². The molecule has 0 bridgehead atoms. The second-order valence-electron chi connectivity index (χ2n) is 8.65. The zero-order valence-electron chi connectivity index (χ0n) is 13.0. The van der Waals surface area contributed by atoms with Crippen molar-refractivity contribution in [2.75, 3.05) is 0 Å². The Balaban J connectivity index is 3.07. The fraction of sp³-hybridized carbons (Fsp3) is 0.846. The third-order valence-electron chi connectivity index (χ3n) is 3.53. The Kier molecular flexibility index (Phi) is 4.24. The van der Waals surface area contributed by atoms with E-state index in [-0.39, 0.29) is 11.4 Å². The molecule has 1 heterocycles. The topological polar surface area (TPSA) is 0 Å². The van der Waals surface area contributed by atoms with E-state index >= 15 is 0 Å². The van der Waals surface area contributed by atoms with Crippen molar-refractivity contribution >= 4 is 42.7 Å². The van der Waals surface area contributed by atoms with Crippen LogP contribution >= 0.6 is 11.5 Å². The van der Waals surface area contributed by atoms with Crippen LogP contribution in [0, 0.1) is 0 Å². The van der Waals surface area contributed by atoms with Gasteiger partial charge in [-0.05, 0) is 0 Å². The quantitative estimate of drug-likeness (QED) is 0.601. The summed E-state index contributed by atoms with van der Waals surface area (Å²) in [5.41, 5.74) is 0. The molecular weight excluding hydrogens is 332 g/mol. The van der Waals surface area contributed by atoms with Crippen molar-refractivity contribution in [3.8, 4) is 0 Å². The van der Waals surface area contributed by atoms with Gasteiger partial charge in [-0.15, -0.1) is 0 Å². The molecule has 0 saturated heterocycles. The summed E-state index contributed by atoms with van der Waals surface area (Å²) in [6.07, 6.45) is 0.220. The molecule has 0 aromatic rings. The fourth-order valence-corrected chi connectivity index (χ4v) is 10.5. The molecule has 1 aliphatic heterocycles. The van der Waals surface area contributed by atoms with Gasteiger partial charge in [-0.3, -0.25) is 0 Å². The first kappa shape index (κ1) is 16.0. The molecule has 96 valence electrons. The van der Waals surface area contributed by atoms with Crippen molar-refractivity contribution < 1.29 is 0 Å². The van der Waals surface area contributed by atoms with Gasteiger partial charge in [0.1, 0.15) is 0 Å². The summed E-state index contributed by atoms with van der Waals surface area (Å²) >= 11 is 4.78. The molecule has 1 aliphatic rings. The first-order valence-corrected chi connectivity index (χ1v) is 17.1. The molecule has 0 atom stereocenters. The molecule has 0 unspecified atom stereocenters. The van der Waals surface area contributed by atoms with E-state index in [0.717, 1.165) is 0 Å². The van der Waals surface area contributed by atoms with E-state index in [1.54, 1.807) is 5.37 Å². The van der Waals surface area contributed by atoms with Crippen LogP contribution in [0.4, 0.5) is 0 Å². The fourth-order valence-electron chi connectivity index (χ4n) is 2.75. The van der Waals surface area contributed by atoms with Gasteiger partial charge in [0.05, 0.1) is 0 Å². The molecule has 17 heavy (non-hydrogen) atoms. The average molecular weight is 359 g/mol. The van der Waals surface area contributed by atoms with Crippen LogP contribution in [-0.2, 0) is 0 Å². The summed E-state index contributed by atoms with van der Waals surface area (Å²) in [7, 11) is 0. The van der Waals surface area contributed by atoms with Crippen LogP contribution in [-0.4, -0.2) is 31.2 Å². The van der Waals surface area contributed by atoms with Gasteiger partial charge in [-0.25, -0.2) is 0 Å². The Morgan fingerprint density at radius 1 is 1.00 bits per heavy atom. The van der Waals surface area contributed by atoms with Gasteiger partial charge in [0.25, 0.3) is 0 Å². The van der Waals surface area contributed by atoms with Gasteiger partial charge in [0, 0.05) is 0 Å². The van der Waals surface area contributed by atoms with Crippen molar-refractivity contribution in [2.24, 2.45) is 0 Å². The van der Waals surface area contributed by atoms with Crippen LogP contribution in [0.25, 0.3) is 0 Å². The van der Waals surface area contributed by atoms with Crippen LogP contribution in [0.1, 0.15) is 41.5 Å². The zero-order chi connectivity index (χ0) is 13.8. The number of hydrogen-bond donors (Lipinski definition) is 0. The molecule has 0 spiro atoms. The summed E-state index contributed by atoms with van der Waals surface area (Å²) in [5, 5.41) is 2.14. The standard InChI is InChI=1S/C10H18B2Cl.3CH3.Sn/c1-9(2,3)11-7-8(11)12(13)10(4,5)6;;;;/h1-6H3;3*1H3;. The van der Waals surface area contributed by atoms with Crippen molar-refractivity contribution in [1.29, 1.82) is 0 Å². The van der Waals surface area contributed by atoms with Crippen LogP contribution in [0.5, 0.6) is 0 Å². The van der Waals surface area contributed by atoms with Crippen LogP contribution < -0.4 is 0 Å². The minimum absolute atomic E-state index is 0.180. The molecule has 0 N–H and O–H groups in total. The normalized spacial score (nSPS) is 17.6. The van der Waals surface area contributed by atoms with Crippen LogP contribution in [0.2, 0.25) is 25.4 Å². The number of halogens is 1.